The largest absolute Gasteiger partial charge is 0.487 e. The molecule has 2 aliphatic rings. The Bertz CT molecular complexity index is 643. The molecule has 118 valence electrons. The van der Waals surface area contributed by atoms with Crippen molar-refractivity contribution < 1.29 is 23.8 Å². The second-order valence-electron chi connectivity index (χ2n) is 6.60. The number of carbonyl (C=O) groups excluding carboxylic acids is 1. The van der Waals surface area contributed by atoms with Crippen LogP contribution in [0.25, 0.3) is 0 Å². The lowest BCUT2D eigenvalue weighted by Crippen LogP contribution is -2.42. The molecule has 1 amide bonds. The highest BCUT2D eigenvalue weighted by molar-refractivity contribution is 5.89. The summed E-state index contributed by atoms with van der Waals surface area (Å²) in [5.41, 5.74) is 0.190. The van der Waals surface area contributed by atoms with Gasteiger partial charge in [-0.2, -0.15) is 0 Å². The van der Waals surface area contributed by atoms with Crippen LogP contribution >= 0.6 is 0 Å². The summed E-state index contributed by atoms with van der Waals surface area (Å²) in [6.07, 6.45) is 0.923. The summed E-state index contributed by atoms with van der Waals surface area (Å²) in [7, 11) is 0. The van der Waals surface area contributed by atoms with Crippen molar-refractivity contribution in [2.24, 2.45) is 11.8 Å². The van der Waals surface area contributed by atoms with Crippen LogP contribution in [0.1, 0.15) is 38.3 Å². The summed E-state index contributed by atoms with van der Waals surface area (Å²) >= 11 is 0. The van der Waals surface area contributed by atoms with E-state index in [1.807, 2.05) is 13.8 Å². The molecule has 3 unspecified atom stereocenters. The van der Waals surface area contributed by atoms with Crippen molar-refractivity contribution in [2.45, 2.75) is 38.3 Å². The molecule has 5 nitrogen and oxygen atoms in total. The molecule has 6 heteroatoms. The normalized spacial score (nSPS) is 28.2. The Kier molecular flexibility index (Phi) is 3.34. The van der Waals surface area contributed by atoms with Gasteiger partial charge in [-0.1, -0.05) is 6.07 Å². The topological polar surface area (TPSA) is 75.6 Å². The van der Waals surface area contributed by atoms with Crippen LogP contribution in [0.5, 0.6) is 5.75 Å². The number of nitrogens with one attached hydrogen (secondary N) is 1. The first kappa shape index (κ1) is 14.8. The smallest absolute Gasteiger partial charge is 0.307 e. The Morgan fingerprint density at radius 3 is 2.73 bits per heavy atom. The van der Waals surface area contributed by atoms with Gasteiger partial charge in [-0.05, 0) is 26.3 Å². The lowest BCUT2D eigenvalue weighted by atomic mass is 9.89. The highest BCUT2D eigenvalue weighted by atomic mass is 19.1. The Balaban J connectivity index is 1.79. The lowest BCUT2D eigenvalue weighted by molar-refractivity contribution is -0.140. The van der Waals surface area contributed by atoms with Gasteiger partial charge in [0.25, 0.3) is 0 Å². The molecule has 1 aromatic rings. The van der Waals surface area contributed by atoms with Crippen LogP contribution in [0.4, 0.5) is 4.39 Å². The van der Waals surface area contributed by atoms with Gasteiger partial charge in [0.2, 0.25) is 5.91 Å². The molecular formula is C16H18FNO4. The van der Waals surface area contributed by atoms with Crippen molar-refractivity contribution >= 4 is 11.9 Å². The minimum atomic E-state index is -0.935. The SMILES string of the molecule is CC1(C)CC(NC(=O)C2CC2C(=O)O)c2ccc(F)cc2O1. The molecule has 2 N–H and O–H groups in total. The van der Waals surface area contributed by atoms with E-state index >= 15 is 0 Å². The first-order valence-electron chi connectivity index (χ1n) is 7.28. The molecule has 22 heavy (non-hydrogen) atoms. The van der Waals surface area contributed by atoms with Gasteiger partial charge in [0.05, 0.1) is 17.9 Å². The van der Waals surface area contributed by atoms with Crippen molar-refractivity contribution in [3.8, 4) is 5.75 Å². The number of benzene rings is 1. The van der Waals surface area contributed by atoms with E-state index in [0.717, 1.165) is 5.56 Å². The maximum absolute atomic E-state index is 13.4. The standard InChI is InChI=1S/C16H18FNO4/c1-16(2)7-12(9-4-3-8(17)5-13(9)22-16)18-14(19)10-6-11(10)15(20)21/h3-5,10-12H,6-7H2,1-2H3,(H,18,19)(H,20,21). The summed E-state index contributed by atoms with van der Waals surface area (Å²) in [6.45, 7) is 3.74. The average molecular weight is 307 g/mol. The molecule has 0 radical (unpaired) electrons. The van der Waals surface area contributed by atoms with Crippen LogP contribution in [-0.2, 0) is 9.59 Å². The summed E-state index contributed by atoms with van der Waals surface area (Å²) < 4.78 is 19.1. The van der Waals surface area contributed by atoms with E-state index in [-0.39, 0.29) is 11.9 Å². The van der Waals surface area contributed by atoms with Gasteiger partial charge in [-0.3, -0.25) is 9.59 Å². The number of aliphatic carboxylic acids is 1. The van der Waals surface area contributed by atoms with Crippen LogP contribution in [0.3, 0.4) is 0 Å². The predicted octanol–water partition coefficient (Wildman–Crippen LogP) is 2.26. The number of halogens is 1. The third-order valence-corrected chi connectivity index (χ3v) is 4.19. The van der Waals surface area contributed by atoms with Gasteiger partial charge in [-0.15, -0.1) is 0 Å². The maximum atomic E-state index is 13.4. The Labute approximate surface area is 127 Å². The first-order chi connectivity index (χ1) is 10.3. The van der Waals surface area contributed by atoms with E-state index in [1.165, 1.54) is 12.1 Å². The predicted molar refractivity (Wildman–Crippen MR) is 75.8 cm³/mol. The van der Waals surface area contributed by atoms with E-state index in [4.69, 9.17) is 9.84 Å². The van der Waals surface area contributed by atoms with Crippen LogP contribution in [-0.4, -0.2) is 22.6 Å². The van der Waals surface area contributed by atoms with Crippen molar-refractivity contribution in [3.63, 3.8) is 0 Å². The number of amides is 1. The molecule has 3 rings (SSSR count). The van der Waals surface area contributed by atoms with Crippen LogP contribution < -0.4 is 10.1 Å². The Hall–Kier alpha value is -2.11. The van der Waals surface area contributed by atoms with E-state index < -0.39 is 29.2 Å². The average Bonchev–Trinajstić information content (AvgIpc) is 3.16. The van der Waals surface area contributed by atoms with Crippen LogP contribution in [0, 0.1) is 17.7 Å². The van der Waals surface area contributed by atoms with Gasteiger partial charge in [0.1, 0.15) is 17.2 Å². The zero-order valence-electron chi connectivity index (χ0n) is 12.4. The molecule has 3 atom stereocenters. The van der Waals surface area contributed by atoms with Crippen molar-refractivity contribution in [2.75, 3.05) is 0 Å². The highest BCUT2D eigenvalue weighted by Crippen LogP contribution is 2.42. The molecule has 1 aliphatic carbocycles. The van der Waals surface area contributed by atoms with E-state index in [9.17, 15) is 14.0 Å². The van der Waals surface area contributed by atoms with Crippen molar-refractivity contribution in [3.05, 3.63) is 29.6 Å². The molecule has 1 fully saturated rings. The second kappa shape index (κ2) is 4.97. The number of carboxylic acid groups (broad SMARTS) is 1. The molecule has 1 aliphatic heterocycles. The highest BCUT2D eigenvalue weighted by Gasteiger charge is 2.49. The lowest BCUT2D eigenvalue weighted by Gasteiger charge is -2.38. The van der Waals surface area contributed by atoms with E-state index in [0.29, 0.717) is 18.6 Å². The summed E-state index contributed by atoms with van der Waals surface area (Å²) in [4.78, 5) is 23.1. The number of rotatable bonds is 3. The van der Waals surface area contributed by atoms with Crippen LogP contribution in [0.15, 0.2) is 18.2 Å². The number of hydrogen-bond donors (Lipinski definition) is 2. The molecular weight excluding hydrogens is 289 g/mol. The fourth-order valence-electron chi connectivity index (χ4n) is 2.99. The summed E-state index contributed by atoms with van der Waals surface area (Å²) in [6, 6.07) is 3.94. The zero-order chi connectivity index (χ0) is 16.1. The molecule has 1 heterocycles. The number of carboxylic acids is 1. The molecule has 1 saturated carbocycles. The third kappa shape index (κ3) is 2.77. The molecule has 0 bridgehead atoms. The maximum Gasteiger partial charge on any atom is 0.307 e. The van der Waals surface area contributed by atoms with Crippen molar-refractivity contribution in [1.82, 2.24) is 5.32 Å². The fourth-order valence-corrected chi connectivity index (χ4v) is 2.99. The van der Waals surface area contributed by atoms with Crippen molar-refractivity contribution in [1.29, 1.82) is 0 Å². The fraction of sp³-hybridized carbons (Fsp3) is 0.500. The molecule has 1 aromatic carbocycles. The number of hydrogen-bond acceptors (Lipinski definition) is 3. The molecule has 0 aromatic heterocycles. The first-order valence-corrected chi connectivity index (χ1v) is 7.28. The van der Waals surface area contributed by atoms with Gasteiger partial charge in [-0.25, -0.2) is 4.39 Å². The van der Waals surface area contributed by atoms with Crippen LogP contribution in [0.2, 0.25) is 0 Å². The molecule has 0 spiro atoms. The number of ether oxygens (including phenoxy) is 1. The van der Waals surface area contributed by atoms with Gasteiger partial charge in [0.15, 0.2) is 0 Å². The zero-order valence-corrected chi connectivity index (χ0v) is 12.4. The quantitative estimate of drug-likeness (QED) is 0.898. The minimum Gasteiger partial charge on any atom is -0.487 e. The summed E-state index contributed by atoms with van der Waals surface area (Å²) in [5, 5.41) is 11.8. The minimum absolute atomic E-state index is 0.259. The number of fused-ring (bicyclic) bond motifs is 1. The monoisotopic (exact) mass is 307 g/mol. The molecule has 0 saturated heterocycles. The van der Waals surface area contributed by atoms with Gasteiger partial charge >= 0.3 is 5.97 Å². The Morgan fingerprint density at radius 1 is 1.36 bits per heavy atom. The van der Waals surface area contributed by atoms with Gasteiger partial charge in [0, 0.05) is 18.1 Å². The van der Waals surface area contributed by atoms with E-state index in [1.54, 1.807) is 6.07 Å². The Morgan fingerprint density at radius 2 is 2.09 bits per heavy atom. The number of carbonyl (C=O) groups is 2. The summed E-state index contributed by atoms with van der Waals surface area (Å²) in [5.74, 6) is -2.21. The van der Waals surface area contributed by atoms with Gasteiger partial charge < -0.3 is 15.2 Å². The third-order valence-electron chi connectivity index (χ3n) is 4.19. The van der Waals surface area contributed by atoms with E-state index in [2.05, 4.69) is 5.32 Å². The second-order valence-corrected chi connectivity index (χ2v) is 6.60.